The first kappa shape index (κ1) is 17.2. The standard InChI is InChI=1S/C19H16N2O5/c1-25-19(24)13-5-7-14(8-6-13)20-18(23)16-10-9-15(26-16)12-21-11-3-2-4-17(21)22/h2-11H,12H2,1H3,(H,20,23). The van der Waals surface area contributed by atoms with Crippen molar-refractivity contribution in [2.75, 3.05) is 12.4 Å². The van der Waals surface area contributed by atoms with Gasteiger partial charge >= 0.3 is 5.97 Å². The highest BCUT2D eigenvalue weighted by Crippen LogP contribution is 2.14. The van der Waals surface area contributed by atoms with E-state index in [0.29, 0.717) is 17.0 Å². The molecule has 26 heavy (non-hydrogen) atoms. The molecule has 0 bridgehead atoms. The van der Waals surface area contributed by atoms with Crippen molar-refractivity contribution in [2.45, 2.75) is 6.54 Å². The molecule has 0 saturated heterocycles. The predicted octanol–water partition coefficient (Wildman–Crippen LogP) is 2.53. The van der Waals surface area contributed by atoms with Crippen LogP contribution in [0.15, 0.2) is 70.0 Å². The number of anilines is 1. The van der Waals surface area contributed by atoms with Gasteiger partial charge in [-0.2, -0.15) is 0 Å². The normalized spacial score (nSPS) is 10.3. The molecule has 3 aromatic rings. The lowest BCUT2D eigenvalue weighted by atomic mass is 10.2. The van der Waals surface area contributed by atoms with E-state index in [4.69, 9.17) is 4.42 Å². The van der Waals surface area contributed by atoms with Crippen LogP contribution in [-0.4, -0.2) is 23.6 Å². The van der Waals surface area contributed by atoms with Crippen molar-refractivity contribution in [3.8, 4) is 0 Å². The van der Waals surface area contributed by atoms with E-state index in [0.717, 1.165) is 0 Å². The lowest BCUT2D eigenvalue weighted by molar-refractivity contribution is 0.0600. The number of hydrogen-bond donors (Lipinski definition) is 1. The van der Waals surface area contributed by atoms with E-state index < -0.39 is 11.9 Å². The summed E-state index contributed by atoms with van der Waals surface area (Å²) < 4.78 is 11.6. The first-order valence-corrected chi connectivity index (χ1v) is 7.81. The van der Waals surface area contributed by atoms with Gasteiger partial charge in [0.2, 0.25) is 0 Å². The second-order valence-corrected chi connectivity index (χ2v) is 5.46. The average molecular weight is 352 g/mol. The number of rotatable bonds is 5. The van der Waals surface area contributed by atoms with E-state index in [1.165, 1.54) is 17.7 Å². The maximum Gasteiger partial charge on any atom is 0.337 e. The Morgan fingerprint density at radius 1 is 1.08 bits per heavy atom. The highest BCUT2D eigenvalue weighted by Gasteiger charge is 2.13. The number of esters is 1. The molecule has 0 aliphatic carbocycles. The number of carbonyl (C=O) groups excluding carboxylic acids is 2. The molecular formula is C19H16N2O5. The zero-order valence-corrected chi connectivity index (χ0v) is 14.0. The molecule has 0 radical (unpaired) electrons. The minimum absolute atomic E-state index is 0.126. The Hall–Kier alpha value is -3.61. The van der Waals surface area contributed by atoms with Crippen molar-refractivity contribution in [3.63, 3.8) is 0 Å². The van der Waals surface area contributed by atoms with Gasteiger partial charge in [-0.05, 0) is 42.5 Å². The number of ether oxygens (including phenoxy) is 1. The smallest absolute Gasteiger partial charge is 0.337 e. The van der Waals surface area contributed by atoms with E-state index in [-0.39, 0.29) is 17.9 Å². The van der Waals surface area contributed by atoms with Crippen LogP contribution in [0.2, 0.25) is 0 Å². The lowest BCUT2D eigenvalue weighted by Gasteiger charge is -2.05. The fraction of sp³-hybridized carbons (Fsp3) is 0.105. The number of hydrogen-bond acceptors (Lipinski definition) is 5. The Kier molecular flexibility index (Phi) is 4.98. The Balaban J connectivity index is 1.67. The van der Waals surface area contributed by atoms with Crippen molar-refractivity contribution in [1.82, 2.24) is 4.57 Å². The highest BCUT2D eigenvalue weighted by molar-refractivity contribution is 6.02. The summed E-state index contributed by atoms with van der Waals surface area (Å²) in [6.07, 6.45) is 1.65. The number of pyridine rings is 1. The fourth-order valence-electron chi connectivity index (χ4n) is 2.34. The van der Waals surface area contributed by atoms with Crippen molar-refractivity contribution in [2.24, 2.45) is 0 Å². The molecule has 7 nitrogen and oxygen atoms in total. The topological polar surface area (TPSA) is 90.5 Å². The van der Waals surface area contributed by atoms with Gasteiger partial charge in [0.15, 0.2) is 5.76 Å². The predicted molar refractivity (Wildman–Crippen MR) is 94.2 cm³/mol. The number of furan rings is 1. The van der Waals surface area contributed by atoms with Gasteiger partial charge in [-0.25, -0.2) is 4.79 Å². The summed E-state index contributed by atoms with van der Waals surface area (Å²) in [5.74, 6) is -0.261. The summed E-state index contributed by atoms with van der Waals surface area (Å²) in [7, 11) is 1.30. The van der Waals surface area contributed by atoms with E-state index in [9.17, 15) is 14.4 Å². The van der Waals surface area contributed by atoms with Crippen LogP contribution in [0.3, 0.4) is 0 Å². The minimum atomic E-state index is -0.449. The van der Waals surface area contributed by atoms with Crippen LogP contribution in [-0.2, 0) is 11.3 Å². The van der Waals surface area contributed by atoms with Gasteiger partial charge in [-0.15, -0.1) is 0 Å². The van der Waals surface area contributed by atoms with E-state index in [1.807, 2.05) is 0 Å². The third-order valence-electron chi connectivity index (χ3n) is 3.67. The number of carbonyl (C=O) groups is 2. The second-order valence-electron chi connectivity index (χ2n) is 5.46. The van der Waals surface area contributed by atoms with Gasteiger partial charge in [-0.3, -0.25) is 9.59 Å². The van der Waals surface area contributed by atoms with Crippen LogP contribution in [0, 0.1) is 0 Å². The number of nitrogens with one attached hydrogen (secondary N) is 1. The molecule has 0 saturated carbocycles. The van der Waals surface area contributed by atoms with Crippen molar-refractivity contribution >= 4 is 17.6 Å². The summed E-state index contributed by atoms with van der Waals surface area (Å²) in [5.41, 5.74) is 0.750. The third kappa shape index (κ3) is 3.89. The van der Waals surface area contributed by atoms with E-state index in [1.54, 1.807) is 54.7 Å². The molecule has 1 aromatic carbocycles. The Labute approximate surface area is 148 Å². The Bertz CT molecular complexity index is 985. The van der Waals surface area contributed by atoms with E-state index >= 15 is 0 Å². The molecule has 0 fully saturated rings. The molecule has 0 atom stereocenters. The summed E-state index contributed by atoms with van der Waals surface area (Å²) >= 11 is 0. The fourth-order valence-corrected chi connectivity index (χ4v) is 2.34. The van der Waals surface area contributed by atoms with Crippen LogP contribution < -0.4 is 10.9 Å². The molecule has 0 aliphatic heterocycles. The quantitative estimate of drug-likeness (QED) is 0.713. The van der Waals surface area contributed by atoms with Crippen LogP contribution >= 0.6 is 0 Å². The van der Waals surface area contributed by atoms with Crippen molar-refractivity contribution < 1.29 is 18.7 Å². The Morgan fingerprint density at radius 2 is 1.85 bits per heavy atom. The summed E-state index contributed by atoms with van der Waals surface area (Å²) in [5, 5.41) is 2.68. The zero-order valence-electron chi connectivity index (χ0n) is 14.0. The molecule has 1 N–H and O–H groups in total. The minimum Gasteiger partial charge on any atom is -0.465 e. The van der Waals surface area contributed by atoms with Crippen LogP contribution in [0.1, 0.15) is 26.7 Å². The van der Waals surface area contributed by atoms with Gasteiger partial charge in [-0.1, -0.05) is 6.07 Å². The molecule has 2 heterocycles. The summed E-state index contributed by atoms with van der Waals surface area (Å²) in [6.45, 7) is 0.237. The highest BCUT2D eigenvalue weighted by atomic mass is 16.5. The Morgan fingerprint density at radius 3 is 2.54 bits per heavy atom. The molecule has 0 aliphatic rings. The maximum atomic E-state index is 12.3. The molecule has 1 amide bonds. The van der Waals surface area contributed by atoms with Gasteiger partial charge in [0.1, 0.15) is 5.76 Å². The molecule has 2 aromatic heterocycles. The summed E-state index contributed by atoms with van der Waals surface area (Å²) in [6, 6.07) is 14.3. The van der Waals surface area contributed by atoms with Gasteiger partial charge in [0.05, 0.1) is 19.2 Å². The SMILES string of the molecule is COC(=O)c1ccc(NC(=O)c2ccc(Cn3ccccc3=O)o2)cc1. The first-order valence-electron chi connectivity index (χ1n) is 7.81. The maximum absolute atomic E-state index is 12.3. The molecule has 0 unspecified atom stereocenters. The number of aromatic nitrogens is 1. The first-order chi connectivity index (χ1) is 12.6. The van der Waals surface area contributed by atoms with E-state index in [2.05, 4.69) is 10.1 Å². The molecule has 0 spiro atoms. The number of methoxy groups -OCH3 is 1. The van der Waals surface area contributed by atoms with Gasteiger partial charge in [0, 0.05) is 18.0 Å². The molecule has 7 heteroatoms. The average Bonchev–Trinajstić information content (AvgIpc) is 3.12. The van der Waals surface area contributed by atoms with Crippen LogP contribution in [0.25, 0.3) is 0 Å². The summed E-state index contributed by atoms with van der Waals surface area (Å²) in [4.78, 5) is 35.4. The van der Waals surface area contributed by atoms with Crippen molar-refractivity contribution in [3.05, 3.63) is 88.2 Å². The molecular weight excluding hydrogens is 336 g/mol. The number of amides is 1. The van der Waals surface area contributed by atoms with Gasteiger partial charge < -0.3 is 19.0 Å². The monoisotopic (exact) mass is 352 g/mol. The number of benzene rings is 1. The molecule has 132 valence electrons. The third-order valence-corrected chi connectivity index (χ3v) is 3.67. The molecule has 3 rings (SSSR count). The van der Waals surface area contributed by atoms with Crippen molar-refractivity contribution in [1.29, 1.82) is 0 Å². The van der Waals surface area contributed by atoms with Gasteiger partial charge in [0.25, 0.3) is 11.5 Å². The number of nitrogens with zero attached hydrogens (tertiary/aromatic N) is 1. The van der Waals surface area contributed by atoms with Crippen LogP contribution in [0.5, 0.6) is 0 Å². The van der Waals surface area contributed by atoms with Crippen LogP contribution in [0.4, 0.5) is 5.69 Å². The zero-order chi connectivity index (χ0) is 18.5. The second kappa shape index (κ2) is 7.52. The lowest BCUT2D eigenvalue weighted by Crippen LogP contribution is -2.18. The largest absolute Gasteiger partial charge is 0.465 e.